The summed E-state index contributed by atoms with van der Waals surface area (Å²) in [6.45, 7) is 4.36. The summed E-state index contributed by atoms with van der Waals surface area (Å²) >= 11 is 0. The summed E-state index contributed by atoms with van der Waals surface area (Å²) in [5.41, 5.74) is -3.73. The number of ether oxygens (including phenoxy) is 3. The number of halogens is 5. The molecule has 1 aliphatic carbocycles. The lowest BCUT2D eigenvalue weighted by atomic mass is 9.90. The molecule has 0 spiro atoms. The molecule has 5 nitrogen and oxygen atoms in total. The van der Waals surface area contributed by atoms with Gasteiger partial charge in [-0.05, 0) is 26.7 Å². The second-order valence-electron chi connectivity index (χ2n) is 7.39. The SMILES string of the molecule is C=C(C)C(=O)OCCC1(OC2(C)COC(O)(C(F)(F)F)C2(F)F)CCCC1. The Hall–Kier alpha value is -1.26. The molecule has 0 bridgehead atoms. The molecule has 2 rings (SSSR count). The van der Waals surface area contributed by atoms with Crippen LogP contribution < -0.4 is 0 Å². The van der Waals surface area contributed by atoms with Crippen molar-refractivity contribution < 1.29 is 46.1 Å². The predicted octanol–water partition coefficient (Wildman–Crippen LogP) is 3.50. The van der Waals surface area contributed by atoms with Crippen LogP contribution in [0.1, 0.15) is 46.0 Å². The third-order valence-electron chi connectivity index (χ3n) is 5.13. The van der Waals surface area contributed by atoms with Crippen LogP contribution in [-0.2, 0) is 19.0 Å². The molecule has 2 aliphatic rings. The maximum Gasteiger partial charge on any atom is 0.449 e. The third-order valence-corrected chi connectivity index (χ3v) is 5.13. The highest BCUT2D eigenvalue weighted by Gasteiger charge is 2.82. The molecule has 0 radical (unpaired) electrons. The molecule has 1 saturated heterocycles. The van der Waals surface area contributed by atoms with Crippen LogP contribution in [-0.4, -0.2) is 53.4 Å². The van der Waals surface area contributed by atoms with Gasteiger partial charge in [0.15, 0.2) is 5.60 Å². The van der Waals surface area contributed by atoms with E-state index in [-0.39, 0.29) is 18.6 Å². The molecular formula is C17H23F5O5. The molecule has 2 unspecified atom stereocenters. The van der Waals surface area contributed by atoms with Crippen LogP contribution in [0.25, 0.3) is 0 Å². The van der Waals surface area contributed by atoms with Gasteiger partial charge in [-0.3, -0.25) is 0 Å². The largest absolute Gasteiger partial charge is 0.462 e. The van der Waals surface area contributed by atoms with Crippen molar-refractivity contribution in [1.82, 2.24) is 0 Å². The minimum atomic E-state index is -5.70. The van der Waals surface area contributed by atoms with E-state index in [0.717, 1.165) is 6.92 Å². The fourth-order valence-electron chi connectivity index (χ4n) is 3.49. The molecule has 27 heavy (non-hydrogen) atoms. The molecule has 2 atom stereocenters. The normalized spacial score (nSPS) is 32.4. The lowest BCUT2D eigenvalue weighted by Crippen LogP contribution is -2.64. The van der Waals surface area contributed by atoms with Crippen LogP contribution in [0.5, 0.6) is 0 Å². The number of carbonyl (C=O) groups is 1. The van der Waals surface area contributed by atoms with Crippen molar-refractivity contribution in [2.45, 2.75) is 75.0 Å². The quantitative estimate of drug-likeness (QED) is 0.419. The van der Waals surface area contributed by atoms with Crippen molar-refractivity contribution in [2.75, 3.05) is 13.2 Å². The van der Waals surface area contributed by atoms with Gasteiger partial charge in [-0.25, -0.2) is 4.79 Å². The van der Waals surface area contributed by atoms with E-state index >= 15 is 0 Å². The van der Waals surface area contributed by atoms with Gasteiger partial charge in [-0.1, -0.05) is 19.4 Å². The Morgan fingerprint density at radius 3 is 2.26 bits per heavy atom. The molecular weight excluding hydrogens is 379 g/mol. The number of alkyl halides is 5. The van der Waals surface area contributed by atoms with Crippen molar-refractivity contribution in [3.63, 3.8) is 0 Å². The Labute approximate surface area is 153 Å². The third kappa shape index (κ3) is 3.71. The van der Waals surface area contributed by atoms with E-state index in [0.29, 0.717) is 25.7 Å². The summed E-state index contributed by atoms with van der Waals surface area (Å²) < 4.78 is 82.8. The number of hydrogen-bond donors (Lipinski definition) is 1. The Balaban J connectivity index is 2.18. The van der Waals surface area contributed by atoms with Crippen LogP contribution in [0.4, 0.5) is 22.0 Å². The first kappa shape index (κ1) is 22.0. The van der Waals surface area contributed by atoms with Gasteiger partial charge < -0.3 is 19.3 Å². The number of rotatable bonds is 6. The zero-order valence-corrected chi connectivity index (χ0v) is 15.1. The monoisotopic (exact) mass is 402 g/mol. The molecule has 1 aliphatic heterocycles. The van der Waals surface area contributed by atoms with Gasteiger partial charge in [-0.2, -0.15) is 22.0 Å². The second-order valence-corrected chi connectivity index (χ2v) is 7.39. The van der Waals surface area contributed by atoms with Gasteiger partial charge in [0, 0.05) is 12.0 Å². The van der Waals surface area contributed by atoms with Crippen LogP contribution >= 0.6 is 0 Å². The van der Waals surface area contributed by atoms with Crippen molar-refractivity contribution in [3.8, 4) is 0 Å². The number of aliphatic hydroxyl groups is 1. The van der Waals surface area contributed by atoms with E-state index in [1.54, 1.807) is 0 Å². The van der Waals surface area contributed by atoms with E-state index < -0.39 is 41.7 Å². The average molecular weight is 402 g/mol. The summed E-state index contributed by atoms with van der Waals surface area (Å²) in [6, 6.07) is 0. The van der Waals surface area contributed by atoms with Crippen molar-refractivity contribution >= 4 is 5.97 Å². The summed E-state index contributed by atoms with van der Waals surface area (Å²) in [5, 5.41) is 9.50. The minimum absolute atomic E-state index is 0.0299. The van der Waals surface area contributed by atoms with E-state index in [9.17, 15) is 31.9 Å². The number of carbonyl (C=O) groups excluding carboxylic acids is 1. The molecule has 1 N–H and O–H groups in total. The highest BCUT2D eigenvalue weighted by molar-refractivity contribution is 5.86. The summed E-state index contributed by atoms with van der Waals surface area (Å²) in [4.78, 5) is 11.5. The van der Waals surface area contributed by atoms with E-state index in [1.165, 1.54) is 6.92 Å². The van der Waals surface area contributed by atoms with Gasteiger partial charge in [-0.15, -0.1) is 0 Å². The summed E-state index contributed by atoms with van der Waals surface area (Å²) in [6.07, 6.45) is -3.79. The maximum atomic E-state index is 14.6. The molecule has 0 amide bonds. The van der Waals surface area contributed by atoms with E-state index in [4.69, 9.17) is 9.47 Å². The first-order valence-electron chi connectivity index (χ1n) is 8.53. The highest BCUT2D eigenvalue weighted by atomic mass is 19.4. The first-order chi connectivity index (χ1) is 12.2. The predicted molar refractivity (Wildman–Crippen MR) is 83.0 cm³/mol. The van der Waals surface area contributed by atoms with Gasteiger partial charge >= 0.3 is 23.9 Å². The van der Waals surface area contributed by atoms with Crippen molar-refractivity contribution in [2.24, 2.45) is 0 Å². The standard InChI is InChI=1S/C17H23F5O5/c1-11(2)12(23)25-9-8-14(6-4-5-7-14)27-13(3)10-26-16(24,15(13,18)19)17(20,21)22/h24H,1,4-10H2,2-3H3. The van der Waals surface area contributed by atoms with E-state index in [2.05, 4.69) is 11.3 Å². The lowest BCUT2D eigenvalue weighted by Gasteiger charge is -2.42. The number of hydrogen-bond acceptors (Lipinski definition) is 5. The van der Waals surface area contributed by atoms with Crippen LogP contribution in [0.2, 0.25) is 0 Å². The zero-order chi connectivity index (χ0) is 20.7. The summed E-state index contributed by atoms with van der Waals surface area (Å²) in [5.74, 6) is -10.0. The summed E-state index contributed by atoms with van der Waals surface area (Å²) in [7, 11) is 0. The molecule has 0 aromatic rings. The Morgan fingerprint density at radius 1 is 1.26 bits per heavy atom. The lowest BCUT2D eigenvalue weighted by molar-refractivity contribution is -0.412. The van der Waals surface area contributed by atoms with Crippen LogP contribution in [0.3, 0.4) is 0 Å². The molecule has 1 saturated carbocycles. The Morgan fingerprint density at radius 2 is 1.81 bits per heavy atom. The fraction of sp³-hybridized carbons (Fsp3) is 0.824. The van der Waals surface area contributed by atoms with Crippen molar-refractivity contribution in [3.05, 3.63) is 12.2 Å². The molecule has 2 fully saturated rings. The highest BCUT2D eigenvalue weighted by Crippen LogP contribution is 2.56. The van der Waals surface area contributed by atoms with Gasteiger partial charge in [0.05, 0.1) is 18.8 Å². The fourth-order valence-corrected chi connectivity index (χ4v) is 3.49. The zero-order valence-electron chi connectivity index (χ0n) is 15.1. The Kier molecular flexibility index (Phi) is 5.68. The van der Waals surface area contributed by atoms with Gasteiger partial charge in [0.25, 0.3) is 0 Å². The second kappa shape index (κ2) is 6.97. The first-order valence-corrected chi connectivity index (χ1v) is 8.53. The number of esters is 1. The van der Waals surface area contributed by atoms with Gasteiger partial charge in [0.1, 0.15) is 0 Å². The smallest absolute Gasteiger partial charge is 0.449 e. The average Bonchev–Trinajstić information content (AvgIpc) is 3.05. The van der Waals surface area contributed by atoms with Gasteiger partial charge in [0.2, 0.25) is 0 Å². The molecule has 0 aromatic heterocycles. The topological polar surface area (TPSA) is 65.0 Å². The van der Waals surface area contributed by atoms with Crippen molar-refractivity contribution in [1.29, 1.82) is 0 Å². The van der Waals surface area contributed by atoms with E-state index in [1.807, 2.05) is 0 Å². The molecule has 156 valence electrons. The minimum Gasteiger partial charge on any atom is -0.462 e. The van der Waals surface area contributed by atoms with Crippen LogP contribution in [0, 0.1) is 0 Å². The Bertz CT molecular complexity index is 599. The van der Waals surface area contributed by atoms with Crippen LogP contribution in [0.15, 0.2) is 12.2 Å². The molecule has 0 aromatic carbocycles. The molecule has 10 heteroatoms. The maximum absolute atomic E-state index is 14.6. The molecule has 1 heterocycles.